The minimum atomic E-state index is -0.0646. The summed E-state index contributed by atoms with van der Waals surface area (Å²) in [6.45, 7) is 0.947. The van der Waals surface area contributed by atoms with Gasteiger partial charge in [-0.05, 0) is 47.9 Å². The molecule has 0 bridgehead atoms. The Labute approximate surface area is 185 Å². The van der Waals surface area contributed by atoms with E-state index < -0.39 is 0 Å². The Hall–Kier alpha value is -2.77. The van der Waals surface area contributed by atoms with E-state index >= 15 is 0 Å². The van der Waals surface area contributed by atoms with Crippen LogP contribution in [0.4, 0.5) is 0 Å². The van der Waals surface area contributed by atoms with Gasteiger partial charge in [0.25, 0.3) is 5.91 Å². The summed E-state index contributed by atoms with van der Waals surface area (Å²) in [7, 11) is 3.21. The van der Waals surface area contributed by atoms with Crippen LogP contribution in [-0.4, -0.2) is 42.5 Å². The highest BCUT2D eigenvalue weighted by atomic mass is 32.2. The zero-order valence-corrected chi connectivity index (χ0v) is 18.3. The Morgan fingerprint density at radius 1 is 1.17 bits per heavy atom. The van der Waals surface area contributed by atoms with Gasteiger partial charge in [0, 0.05) is 12.1 Å². The summed E-state index contributed by atoms with van der Waals surface area (Å²) in [6, 6.07) is 13.6. The molecule has 0 aromatic heterocycles. The molecule has 154 valence electrons. The maximum absolute atomic E-state index is 12.9. The fraction of sp³-hybridized carbons (Fsp3) is 0.217. The Kier molecular flexibility index (Phi) is 6.11. The number of amides is 1. The van der Waals surface area contributed by atoms with Gasteiger partial charge in [-0.15, -0.1) is 0 Å². The number of thiocarbonyl (C=S) groups is 1. The summed E-state index contributed by atoms with van der Waals surface area (Å²) in [5.41, 5.74) is 3.01. The number of benzene rings is 2. The molecule has 0 aliphatic carbocycles. The van der Waals surface area contributed by atoms with Crippen LogP contribution >= 0.6 is 24.0 Å². The third-order valence-corrected chi connectivity index (χ3v) is 6.29. The van der Waals surface area contributed by atoms with Crippen LogP contribution in [-0.2, 0) is 11.2 Å². The van der Waals surface area contributed by atoms with E-state index in [1.54, 1.807) is 19.1 Å². The van der Waals surface area contributed by atoms with E-state index in [0.717, 1.165) is 22.4 Å². The molecule has 1 amide bonds. The normalized spacial score (nSPS) is 16.9. The largest absolute Gasteiger partial charge is 0.493 e. The monoisotopic (exact) mass is 439 g/mol. The van der Waals surface area contributed by atoms with Crippen molar-refractivity contribution < 1.29 is 19.0 Å². The second kappa shape index (κ2) is 8.93. The molecule has 30 heavy (non-hydrogen) atoms. The first-order chi connectivity index (χ1) is 14.6. The number of thioether (sulfide) groups is 1. The zero-order valence-electron chi connectivity index (χ0n) is 16.7. The molecule has 2 aromatic rings. The van der Waals surface area contributed by atoms with E-state index in [1.165, 1.54) is 11.8 Å². The standard InChI is InChI=1S/C23H21NO4S2/c1-26-19-8-7-15(12-20(19)27-2)9-10-24-22(25)21(30-23(24)29)13-16-11-17-5-3-4-6-18(17)28-14-16/h3-8,11-13H,9-10,14H2,1-2H3/b21-13-. The molecule has 0 saturated carbocycles. The van der Waals surface area contributed by atoms with Gasteiger partial charge in [-0.2, -0.15) is 0 Å². The average Bonchev–Trinajstić information content (AvgIpc) is 3.04. The van der Waals surface area contributed by atoms with Crippen LogP contribution < -0.4 is 14.2 Å². The maximum atomic E-state index is 12.9. The lowest BCUT2D eigenvalue weighted by atomic mass is 10.1. The number of rotatable bonds is 6. The molecule has 2 aliphatic heterocycles. The van der Waals surface area contributed by atoms with E-state index in [-0.39, 0.29) is 5.91 Å². The van der Waals surface area contributed by atoms with Crippen LogP contribution in [0.3, 0.4) is 0 Å². The molecule has 0 atom stereocenters. The molecular formula is C23H21NO4S2. The predicted octanol–water partition coefficient (Wildman–Crippen LogP) is 4.47. The number of methoxy groups -OCH3 is 2. The number of hydrogen-bond donors (Lipinski definition) is 0. The molecule has 0 N–H and O–H groups in total. The fourth-order valence-electron chi connectivity index (χ4n) is 3.36. The van der Waals surface area contributed by atoms with Crippen LogP contribution in [0.1, 0.15) is 11.1 Å². The molecule has 2 aromatic carbocycles. The topological polar surface area (TPSA) is 48.0 Å². The first-order valence-corrected chi connectivity index (χ1v) is 10.7. The highest BCUT2D eigenvalue weighted by molar-refractivity contribution is 8.26. The zero-order chi connectivity index (χ0) is 21.1. The van der Waals surface area contributed by atoms with Gasteiger partial charge in [-0.3, -0.25) is 9.69 Å². The van der Waals surface area contributed by atoms with E-state index in [2.05, 4.69) is 6.08 Å². The van der Waals surface area contributed by atoms with Crippen LogP contribution in [0.25, 0.3) is 6.08 Å². The number of nitrogens with zero attached hydrogens (tertiary/aromatic N) is 1. The van der Waals surface area contributed by atoms with Crippen molar-refractivity contribution in [2.75, 3.05) is 27.4 Å². The summed E-state index contributed by atoms with van der Waals surface area (Å²) >= 11 is 6.79. The van der Waals surface area contributed by atoms with Crippen molar-refractivity contribution >= 4 is 40.3 Å². The maximum Gasteiger partial charge on any atom is 0.266 e. The number of hydrogen-bond acceptors (Lipinski definition) is 6. The quantitative estimate of drug-likeness (QED) is 0.489. The van der Waals surface area contributed by atoms with Crippen LogP contribution in [0.15, 0.2) is 59.0 Å². The van der Waals surface area contributed by atoms with Crippen molar-refractivity contribution in [3.05, 3.63) is 70.1 Å². The first-order valence-electron chi connectivity index (χ1n) is 9.47. The van der Waals surface area contributed by atoms with Gasteiger partial charge in [0.1, 0.15) is 16.7 Å². The number of ether oxygens (including phenoxy) is 3. The SMILES string of the molecule is COc1ccc(CCN2C(=O)/C(=C/C3=Cc4ccccc4OC3)SC2=S)cc1OC. The molecule has 0 unspecified atom stereocenters. The second-order valence-corrected chi connectivity index (χ2v) is 8.49. The lowest BCUT2D eigenvalue weighted by Crippen LogP contribution is -2.30. The van der Waals surface area contributed by atoms with Crippen LogP contribution in [0.5, 0.6) is 17.2 Å². The Morgan fingerprint density at radius 3 is 2.77 bits per heavy atom. The highest BCUT2D eigenvalue weighted by Crippen LogP contribution is 2.34. The minimum Gasteiger partial charge on any atom is -0.493 e. The number of para-hydroxylation sites is 1. The molecule has 0 spiro atoms. The van der Waals surface area contributed by atoms with Crippen molar-refractivity contribution in [2.24, 2.45) is 0 Å². The Morgan fingerprint density at radius 2 is 1.97 bits per heavy atom. The summed E-state index contributed by atoms with van der Waals surface area (Å²) in [4.78, 5) is 15.2. The molecule has 5 nitrogen and oxygen atoms in total. The van der Waals surface area contributed by atoms with Crippen LogP contribution in [0, 0.1) is 0 Å². The van der Waals surface area contributed by atoms with Crippen molar-refractivity contribution in [1.82, 2.24) is 4.90 Å². The third-order valence-electron chi connectivity index (χ3n) is 4.92. The van der Waals surface area contributed by atoms with Gasteiger partial charge in [-0.25, -0.2) is 0 Å². The number of fused-ring (bicyclic) bond motifs is 1. The van der Waals surface area contributed by atoms with E-state index in [0.29, 0.717) is 40.3 Å². The molecule has 2 heterocycles. The van der Waals surface area contributed by atoms with Gasteiger partial charge in [0.2, 0.25) is 0 Å². The minimum absolute atomic E-state index is 0.0646. The fourth-order valence-corrected chi connectivity index (χ4v) is 4.68. The molecule has 1 fully saturated rings. The van der Waals surface area contributed by atoms with E-state index in [4.69, 9.17) is 26.4 Å². The van der Waals surface area contributed by atoms with Crippen molar-refractivity contribution in [2.45, 2.75) is 6.42 Å². The predicted molar refractivity (Wildman–Crippen MR) is 123 cm³/mol. The van der Waals surface area contributed by atoms with Crippen molar-refractivity contribution in [3.63, 3.8) is 0 Å². The van der Waals surface area contributed by atoms with E-state index in [9.17, 15) is 4.79 Å². The average molecular weight is 440 g/mol. The van der Waals surface area contributed by atoms with Gasteiger partial charge >= 0.3 is 0 Å². The number of carbonyl (C=O) groups is 1. The smallest absolute Gasteiger partial charge is 0.266 e. The van der Waals surface area contributed by atoms with Gasteiger partial charge in [0.15, 0.2) is 11.5 Å². The highest BCUT2D eigenvalue weighted by Gasteiger charge is 2.32. The summed E-state index contributed by atoms with van der Waals surface area (Å²) in [5.74, 6) is 2.14. The van der Waals surface area contributed by atoms with Crippen molar-refractivity contribution in [3.8, 4) is 17.2 Å². The molecular weight excluding hydrogens is 418 g/mol. The molecule has 1 saturated heterocycles. The lowest BCUT2D eigenvalue weighted by molar-refractivity contribution is -0.122. The first kappa shape index (κ1) is 20.5. The molecule has 7 heteroatoms. The molecule has 0 radical (unpaired) electrons. The summed E-state index contributed by atoms with van der Waals surface area (Å²) < 4.78 is 17.0. The lowest BCUT2D eigenvalue weighted by Gasteiger charge is -2.16. The molecule has 2 aliphatic rings. The third kappa shape index (κ3) is 4.22. The second-order valence-electron chi connectivity index (χ2n) is 6.82. The summed E-state index contributed by atoms with van der Waals surface area (Å²) in [6.07, 6.45) is 4.60. The van der Waals surface area contributed by atoms with Gasteiger partial charge in [0.05, 0.1) is 19.1 Å². The van der Waals surface area contributed by atoms with Crippen molar-refractivity contribution in [1.29, 1.82) is 0 Å². The molecule has 4 rings (SSSR count). The van der Waals surface area contributed by atoms with E-state index in [1.807, 2.05) is 48.5 Å². The van der Waals surface area contributed by atoms with Gasteiger partial charge < -0.3 is 14.2 Å². The number of carbonyl (C=O) groups excluding carboxylic acids is 1. The Bertz CT molecular complexity index is 1060. The van der Waals surface area contributed by atoms with Crippen LogP contribution in [0.2, 0.25) is 0 Å². The summed E-state index contributed by atoms with van der Waals surface area (Å²) in [5, 5.41) is 0. The van der Waals surface area contributed by atoms with Gasteiger partial charge in [-0.1, -0.05) is 48.2 Å². The Balaban J connectivity index is 1.46.